The number of urea groups is 1. The first kappa shape index (κ1) is 18.5. The predicted octanol–water partition coefficient (Wildman–Crippen LogP) is 4.43. The van der Waals surface area contributed by atoms with E-state index in [0.29, 0.717) is 0 Å². The molecule has 2 amide bonds. The third-order valence-electron chi connectivity index (χ3n) is 7.27. The number of benzene rings is 1. The molecule has 1 saturated heterocycles. The minimum Gasteiger partial charge on any atom is -0.497 e. The van der Waals surface area contributed by atoms with Gasteiger partial charge in [-0.25, -0.2) is 4.79 Å². The number of carbonyl (C=O) groups is 1. The molecule has 4 bridgehead atoms. The molecule has 0 radical (unpaired) electrons. The molecule has 5 nitrogen and oxygen atoms in total. The number of hydrogen-bond donors (Lipinski definition) is 1. The quantitative estimate of drug-likeness (QED) is 0.809. The highest BCUT2D eigenvalue weighted by atomic mass is 32.2. The molecule has 28 heavy (non-hydrogen) atoms. The average molecular weight is 403 g/mol. The lowest BCUT2D eigenvalue weighted by Crippen LogP contribution is -2.61. The first-order chi connectivity index (χ1) is 13.6. The van der Waals surface area contributed by atoms with Crippen LogP contribution in [0.4, 0.5) is 4.79 Å². The smallest absolute Gasteiger partial charge is 0.319 e. The van der Waals surface area contributed by atoms with Crippen molar-refractivity contribution in [3.8, 4) is 11.5 Å². The van der Waals surface area contributed by atoms with Crippen LogP contribution in [0.15, 0.2) is 18.2 Å². The van der Waals surface area contributed by atoms with Crippen LogP contribution in [0.3, 0.4) is 0 Å². The van der Waals surface area contributed by atoms with Crippen molar-refractivity contribution < 1.29 is 14.3 Å². The van der Waals surface area contributed by atoms with Crippen LogP contribution in [-0.2, 0) is 0 Å². The standard InChI is InChI=1S/C22H30N2O3S/c1-26-17-3-4-19(27-2)18(10-17)20-24(5-6-28-20)21(25)23-22-11-14-7-15(12-22)9-16(8-14)13-22/h3-4,10,14-16,20H,5-9,11-13H2,1-2H3,(H,23,25). The number of nitrogens with zero attached hydrogens (tertiary/aromatic N) is 1. The number of thioether (sulfide) groups is 1. The van der Waals surface area contributed by atoms with Gasteiger partial charge in [-0.3, -0.25) is 0 Å². The van der Waals surface area contributed by atoms with Crippen molar-refractivity contribution >= 4 is 17.8 Å². The van der Waals surface area contributed by atoms with Crippen LogP contribution in [0.1, 0.15) is 49.5 Å². The summed E-state index contributed by atoms with van der Waals surface area (Å²) in [4.78, 5) is 15.4. The summed E-state index contributed by atoms with van der Waals surface area (Å²) in [5, 5.41) is 3.51. The lowest BCUT2D eigenvalue weighted by atomic mass is 9.53. The summed E-state index contributed by atoms with van der Waals surface area (Å²) in [5.41, 5.74) is 1.06. The number of ether oxygens (including phenoxy) is 2. The van der Waals surface area contributed by atoms with Gasteiger partial charge in [-0.15, -0.1) is 11.8 Å². The van der Waals surface area contributed by atoms with E-state index in [0.717, 1.165) is 47.1 Å². The van der Waals surface area contributed by atoms with Gasteiger partial charge in [0.05, 0.1) is 14.2 Å². The summed E-state index contributed by atoms with van der Waals surface area (Å²) < 4.78 is 11.0. The molecule has 5 fully saturated rings. The highest BCUT2D eigenvalue weighted by molar-refractivity contribution is 7.99. The normalized spacial score (nSPS) is 35.9. The van der Waals surface area contributed by atoms with Crippen molar-refractivity contribution in [1.82, 2.24) is 10.2 Å². The Bertz CT molecular complexity index is 733. The molecule has 5 aliphatic rings. The molecule has 1 aromatic carbocycles. The number of rotatable bonds is 4. The van der Waals surface area contributed by atoms with Crippen molar-refractivity contribution in [3.05, 3.63) is 23.8 Å². The zero-order chi connectivity index (χ0) is 19.3. The van der Waals surface area contributed by atoms with Crippen molar-refractivity contribution in [2.24, 2.45) is 17.8 Å². The third-order valence-corrected chi connectivity index (χ3v) is 8.51. The number of carbonyl (C=O) groups excluding carboxylic acids is 1. The summed E-state index contributed by atoms with van der Waals surface area (Å²) in [6.07, 6.45) is 7.70. The van der Waals surface area contributed by atoms with E-state index in [2.05, 4.69) is 5.32 Å². The Morgan fingerprint density at radius 2 is 1.79 bits per heavy atom. The van der Waals surface area contributed by atoms with Gasteiger partial charge in [0.25, 0.3) is 0 Å². The highest BCUT2D eigenvalue weighted by Crippen LogP contribution is 2.56. The van der Waals surface area contributed by atoms with E-state index >= 15 is 0 Å². The Labute approximate surface area is 171 Å². The molecule has 4 aliphatic carbocycles. The van der Waals surface area contributed by atoms with Gasteiger partial charge >= 0.3 is 6.03 Å². The maximum atomic E-state index is 13.4. The molecule has 1 aliphatic heterocycles. The fourth-order valence-electron chi connectivity index (χ4n) is 6.53. The molecule has 6 heteroatoms. The van der Waals surface area contributed by atoms with Crippen LogP contribution in [0.25, 0.3) is 0 Å². The van der Waals surface area contributed by atoms with E-state index in [1.807, 2.05) is 23.1 Å². The molecule has 1 atom stereocenters. The third kappa shape index (κ3) is 3.14. The van der Waals surface area contributed by atoms with Gasteiger partial charge in [-0.1, -0.05) is 0 Å². The van der Waals surface area contributed by atoms with Crippen molar-refractivity contribution in [2.75, 3.05) is 26.5 Å². The van der Waals surface area contributed by atoms with Gasteiger partial charge in [0.1, 0.15) is 16.9 Å². The van der Waals surface area contributed by atoms with E-state index in [1.54, 1.807) is 26.0 Å². The van der Waals surface area contributed by atoms with Gasteiger partial charge in [-0.05, 0) is 74.5 Å². The van der Waals surface area contributed by atoms with Gasteiger partial charge in [0, 0.05) is 23.4 Å². The van der Waals surface area contributed by atoms with Crippen LogP contribution in [0.5, 0.6) is 11.5 Å². The highest BCUT2D eigenvalue weighted by Gasteiger charge is 2.52. The molecule has 0 aromatic heterocycles. The molecular weight excluding hydrogens is 372 g/mol. The van der Waals surface area contributed by atoms with E-state index in [-0.39, 0.29) is 16.9 Å². The Hall–Kier alpha value is -1.56. The van der Waals surface area contributed by atoms with Crippen LogP contribution >= 0.6 is 11.8 Å². The molecule has 152 valence electrons. The summed E-state index contributed by atoms with van der Waals surface area (Å²) >= 11 is 1.80. The molecule has 1 aromatic rings. The average Bonchev–Trinajstić information content (AvgIpc) is 3.16. The summed E-state index contributed by atoms with van der Waals surface area (Å²) in [7, 11) is 3.36. The summed E-state index contributed by atoms with van der Waals surface area (Å²) in [6.45, 7) is 0.772. The molecule has 6 rings (SSSR count). The van der Waals surface area contributed by atoms with Crippen molar-refractivity contribution in [2.45, 2.75) is 49.4 Å². The van der Waals surface area contributed by atoms with E-state index in [9.17, 15) is 4.79 Å². The van der Waals surface area contributed by atoms with Crippen LogP contribution in [-0.4, -0.2) is 43.0 Å². The minimum absolute atomic E-state index is 0.0287. The van der Waals surface area contributed by atoms with E-state index in [4.69, 9.17) is 9.47 Å². The van der Waals surface area contributed by atoms with E-state index in [1.165, 1.54) is 38.5 Å². The lowest BCUT2D eigenvalue weighted by Gasteiger charge is -2.57. The number of nitrogens with one attached hydrogen (secondary N) is 1. The minimum atomic E-state index is -0.0287. The van der Waals surface area contributed by atoms with E-state index < -0.39 is 0 Å². The monoisotopic (exact) mass is 402 g/mol. The zero-order valence-corrected chi connectivity index (χ0v) is 17.6. The first-order valence-electron chi connectivity index (χ1n) is 10.5. The molecule has 4 saturated carbocycles. The van der Waals surface area contributed by atoms with Gasteiger partial charge in [-0.2, -0.15) is 0 Å². The molecule has 1 heterocycles. The lowest BCUT2D eigenvalue weighted by molar-refractivity contribution is -0.0156. The molecule has 0 spiro atoms. The van der Waals surface area contributed by atoms with Gasteiger partial charge in [0.15, 0.2) is 0 Å². The Kier molecular flexibility index (Phi) is 4.65. The predicted molar refractivity (Wildman–Crippen MR) is 111 cm³/mol. The fraction of sp³-hybridized carbons (Fsp3) is 0.682. The number of hydrogen-bond acceptors (Lipinski definition) is 4. The maximum absolute atomic E-state index is 13.4. The second-order valence-electron chi connectivity index (χ2n) is 9.15. The van der Waals surface area contributed by atoms with Crippen molar-refractivity contribution in [3.63, 3.8) is 0 Å². The summed E-state index contributed by atoms with van der Waals surface area (Å²) in [5.74, 6) is 5.04. The maximum Gasteiger partial charge on any atom is 0.319 e. The van der Waals surface area contributed by atoms with Crippen LogP contribution in [0, 0.1) is 17.8 Å². The Morgan fingerprint density at radius 3 is 2.39 bits per heavy atom. The second-order valence-corrected chi connectivity index (χ2v) is 10.3. The Balaban J connectivity index is 1.37. The Morgan fingerprint density at radius 1 is 1.11 bits per heavy atom. The van der Waals surface area contributed by atoms with Crippen LogP contribution in [0.2, 0.25) is 0 Å². The molecular formula is C22H30N2O3S. The van der Waals surface area contributed by atoms with Gasteiger partial charge in [0.2, 0.25) is 0 Å². The van der Waals surface area contributed by atoms with Gasteiger partial charge < -0.3 is 19.7 Å². The fourth-order valence-corrected chi connectivity index (χ4v) is 7.80. The van der Waals surface area contributed by atoms with Crippen molar-refractivity contribution in [1.29, 1.82) is 0 Å². The largest absolute Gasteiger partial charge is 0.497 e. The second kappa shape index (κ2) is 7.05. The van der Waals surface area contributed by atoms with Crippen LogP contribution < -0.4 is 14.8 Å². The number of methoxy groups -OCH3 is 2. The first-order valence-corrected chi connectivity index (χ1v) is 11.6. The summed E-state index contributed by atoms with van der Waals surface area (Å²) in [6, 6.07) is 5.94. The topological polar surface area (TPSA) is 50.8 Å². The number of amides is 2. The molecule has 1 unspecified atom stereocenters. The molecule has 1 N–H and O–H groups in total. The SMILES string of the molecule is COc1ccc(OC)c(C2SCCN2C(=O)NC23CC4CC(CC(C4)C2)C3)c1. The zero-order valence-electron chi connectivity index (χ0n) is 16.8.